The summed E-state index contributed by atoms with van der Waals surface area (Å²) in [4.78, 5) is 0. The van der Waals surface area contributed by atoms with Gasteiger partial charge in [-0.25, -0.2) is 4.39 Å². The van der Waals surface area contributed by atoms with Gasteiger partial charge in [0.1, 0.15) is 0 Å². The van der Waals surface area contributed by atoms with E-state index in [1.54, 1.807) is 0 Å². The first-order chi connectivity index (χ1) is 2.56. The van der Waals surface area contributed by atoms with Crippen molar-refractivity contribution in [3.05, 3.63) is 0 Å². The van der Waals surface area contributed by atoms with Gasteiger partial charge in [0, 0.05) is 0 Å². The van der Waals surface area contributed by atoms with Crippen molar-refractivity contribution in [3.63, 3.8) is 0 Å². The minimum Gasteiger partial charge on any atom is -1.00 e. The van der Waals surface area contributed by atoms with Gasteiger partial charge in [0.15, 0.2) is 0 Å². The maximum absolute atomic E-state index is 10.7. The Balaban J connectivity index is -0.000000125. The minimum atomic E-state index is -4.33. The summed E-state index contributed by atoms with van der Waals surface area (Å²) in [5.74, 6) is 0. The molecule has 0 aliphatic heterocycles. The van der Waals surface area contributed by atoms with Crippen molar-refractivity contribution in [3.8, 4) is 0 Å². The van der Waals surface area contributed by atoms with Crippen LogP contribution in [0.5, 0.6) is 0 Å². The summed E-state index contributed by atoms with van der Waals surface area (Å²) >= 11 is 0. The standard InChI is InChI=1S/CH3FO3S.Na.H/c2-1-6(3,4)5;;/h1H2,(H,3,4,5);;/q;+1;-1. The summed E-state index contributed by atoms with van der Waals surface area (Å²) in [7, 11) is -4.33. The molecule has 40 valence electrons. The molecule has 7 heavy (non-hydrogen) atoms. The second-order valence-electron chi connectivity index (χ2n) is 0.691. The Kier molecular flexibility index (Phi) is 5.83. The maximum atomic E-state index is 10.7. The van der Waals surface area contributed by atoms with Gasteiger partial charge in [-0.05, 0) is 0 Å². The van der Waals surface area contributed by atoms with Gasteiger partial charge in [-0.3, -0.25) is 4.55 Å². The minimum absolute atomic E-state index is 0. The third-order valence-electron chi connectivity index (χ3n) is 0.138. The first-order valence-corrected chi connectivity index (χ1v) is 2.68. The summed E-state index contributed by atoms with van der Waals surface area (Å²) < 4.78 is 36.4. The van der Waals surface area contributed by atoms with Crippen molar-refractivity contribution in [1.29, 1.82) is 0 Å². The van der Waals surface area contributed by atoms with Crippen molar-refractivity contribution < 1.29 is 48.3 Å². The molecule has 0 unspecified atom stereocenters. The molecule has 0 rings (SSSR count). The van der Waals surface area contributed by atoms with E-state index in [-0.39, 0.29) is 31.0 Å². The molecule has 0 radical (unpaired) electrons. The zero-order valence-electron chi connectivity index (χ0n) is 4.76. The van der Waals surface area contributed by atoms with Crippen molar-refractivity contribution in [2.45, 2.75) is 0 Å². The van der Waals surface area contributed by atoms with Crippen LogP contribution in [0.25, 0.3) is 0 Å². The fraction of sp³-hybridized carbons (Fsp3) is 1.00. The van der Waals surface area contributed by atoms with Crippen LogP contribution >= 0.6 is 0 Å². The average Bonchev–Trinajstić information content (AvgIpc) is 1.35. The van der Waals surface area contributed by atoms with E-state index in [2.05, 4.69) is 0 Å². The van der Waals surface area contributed by atoms with Crippen LogP contribution in [-0.2, 0) is 10.1 Å². The fourth-order valence-corrected chi connectivity index (χ4v) is 0. The topological polar surface area (TPSA) is 54.4 Å². The van der Waals surface area contributed by atoms with Crippen molar-refractivity contribution in [1.82, 2.24) is 0 Å². The summed E-state index contributed by atoms with van der Waals surface area (Å²) in [6.45, 7) is 0. The molecule has 6 heteroatoms. The predicted octanol–water partition coefficient (Wildman–Crippen LogP) is -3.08. The summed E-state index contributed by atoms with van der Waals surface area (Å²) in [5, 5.41) is 0. The molecule has 0 aromatic carbocycles. The molecule has 0 saturated heterocycles. The van der Waals surface area contributed by atoms with Gasteiger partial charge in [-0.2, -0.15) is 8.42 Å². The molecule has 0 saturated carbocycles. The van der Waals surface area contributed by atoms with Crippen LogP contribution in [-0.4, -0.2) is 19.0 Å². The third kappa shape index (κ3) is 10.9. The molecule has 0 aromatic rings. The van der Waals surface area contributed by atoms with E-state index in [9.17, 15) is 12.8 Å². The Hall–Kier alpha value is 0.840. The number of halogens is 1. The van der Waals surface area contributed by atoms with Crippen LogP contribution < -0.4 is 29.6 Å². The Bertz CT molecular complexity index is 121. The molecule has 0 spiro atoms. The predicted molar refractivity (Wildman–Crippen MR) is 18.6 cm³/mol. The van der Waals surface area contributed by atoms with E-state index in [4.69, 9.17) is 4.55 Å². The largest absolute Gasteiger partial charge is 1.00 e. The zero-order chi connectivity index (χ0) is 5.21. The van der Waals surface area contributed by atoms with E-state index >= 15 is 0 Å². The van der Waals surface area contributed by atoms with Gasteiger partial charge in [0.05, 0.1) is 0 Å². The summed E-state index contributed by atoms with van der Waals surface area (Å²) in [6.07, 6.45) is 0. The molecule has 0 bridgehead atoms. The van der Waals surface area contributed by atoms with Crippen LogP contribution in [0.15, 0.2) is 0 Å². The van der Waals surface area contributed by atoms with E-state index in [1.807, 2.05) is 0 Å². The summed E-state index contributed by atoms with van der Waals surface area (Å²) in [5.41, 5.74) is 0. The molecule has 0 amide bonds. The van der Waals surface area contributed by atoms with E-state index < -0.39 is 16.1 Å². The molecule has 0 fully saturated rings. The Morgan fingerprint density at radius 3 is 1.86 bits per heavy atom. The number of alkyl halides is 1. The molecular formula is CH4FNaO3S. The van der Waals surface area contributed by atoms with E-state index in [1.165, 1.54) is 0 Å². The van der Waals surface area contributed by atoms with Gasteiger partial charge in [-0.1, -0.05) is 0 Å². The van der Waals surface area contributed by atoms with Crippen LogP contribution in [0.2, 0.25) is 0 Å². The Labute approximate surface area is 64.4 Å². The van der Waals surface area contributed by atoms with E-state index in [0.29, 0.717) is 0 Å². The van der Waals surface area contributed by atoms with Crippen LogP contribution in [0.1, 0.15) is 1.43 Å². The SMILES string of the molecule is O=S(=O)(O)CF.[H-].[Na+]. The number of hydrogen-bond donors (Lipinski definition) is 1. The van der Waals surface area contributed by atoms with Crippen LogP contribution in [0.4, 0.5) is 4.39 Å². The molecule has 0 aliphatic rings. The second-order valence-corrected chi connectivity index (χ2v) is 2.07. The maximum Gasteiger partial charge on any atom is 1.00 e. The molecule has 0 aliphatic carbocycles. The molecular weight excluding hydrogens is 134 g/mol. The van der Waals surface area contributed by atoms with Crippen molar-refractivity contribution in [2.24, 2.45) is 0 Å². The fourth-order valence-electron chi connectivity index (χ4n) is 0. The van der Waals surface area contributed by atoms with Gasteiger partial charge >= 0.3 is 29.6 Å². The molecule has 0 heterocycles. The number of hydrogen-bond acceptors (Lipinski definition) is 2. The number of rotatable bonds is 1. The van der Waals surface area contributed by atoms with Crippen LogP contribution in [0, 0.1) is 0 Å². The molecule has 0 aromatic heterocycles. The van der Waals surface area contributed by atoms with E-state index in [0.717, 1.165) is 0 Å². The van der Waals surface area contributed by atoms with Crippen molar-refractivity contribution >= 4 is 10.1 Å². The van der Waals surface area contributed by atoms with Crippen LogP contribution in [0.3, 0.4) is 0 Å². The Morgan fingerprint density at radius 2 is 1.86 bits per heavy atom. The van der Waals surface area contributed by atoms with Gasteiger partial charge in [0.25, 0.3) is 10.1 Å². The normalized spacial score (nSPS) is 10.0. The monoisotopic (exact) mass is 138 g/mol. The van der Waals surface area contributed by atoms with Crippen molar-refractivity contribution in [2.75, 3.05) is 6.01 Å². The first-order valence-electron chi connectivity index (χ1n) is 1.07. The van der Waals surface area contributed by atoms with Gasteiger partial charge in [0.2, 0.25) is 6.01 Å². The zero-order valence-corrected chi connectivity index (χ0v) is 6.57. The first kappa shape index (κ1) is 10.8. The second kappa shape index (κ2) is 3.80. The molecule has 3 nitrogen and oxygen atoms in total. The molecule has 0 atom stereocenters. The van der Waals surface area contributed by atoms with Gasteiger partial charge in [-0.15, -0.1) is 0 Å². The van der Waals surface area contributed by atoms with Gasteiger partial charge < -0.3 is 1.43 Å². The summed E-state index contributed by atoms with van der Waals surface area (Å²) in [6, 6.07) is -1.70. The third-order valence-corrected chi connectivity index (χ3v) is 0.414. The molecule has 1 N–H and O–H groups in total. The Morgan fingerprint density at radius 1 is 1.71 bits per heavy atom. The average molecular weight is 138 g/mol. The quantitative estimate of drug-likeness (QED) is 0.309. The smallest absolute Gasteiger partial charge is 1.00 e.